The number of benzene rings is 3. The molecule has 3 heterocycles. The van der Waals surface area contributed by atoms with Crippen LogP contribution in [-0.4, -0.2) is 44.0 Å². The summed E-state index contributed by atoms with van der Waals surface area (Å²) in [5.41, 5.74) is 3.23. The van der Waals surface area contributed by atoms with Crippen LogP contribution >= 0.6 is 11.3 Å². The van der Waals surface area contributed by atoms with Gasteiger partial charge in [0.2, 0.25) is 11.8 Å². The number of hydrogen-bond donors (Lipinski definition) is 2. The minimum atomic E-state index is -1.36. The van der Waals surface area contributed by atoms with E-state index in [9.17, 15) is 24.6 Å². The van der Waals surface area contributed by atoms with Gasteiger partial charge in [-0.05, 0) is 60.7 Å². The monoisotopic (exact) mass is 640 g/mol. The topological polar surface area (TPSA) is 139 Å². The van der Waals surface area contributed by atoms with Crippen LogP contribution in [0.25, 0.3) is 27.3 Å². The maximum absolute atomic E-state index is 14.0. The van der Waals surface area contributed by atoms with Gasteiger partial charge in [0.1, 0.15) is 12.1 Å². The number of oxazole rings is 1. The predicted octanol–water partition coefficient (Wildman–Crippen LogP) is 7.04. The highest BCUT2D eigenvalue weighted by Gasteiger charge is 2.33. The summed E-state index contributed by atoms with van der Waals surface area (Å²) < 4.78 is 6.94. The van der Waals surface area contributed by atoms with Gasteiger partial charge < -0.3 is 24.4 Å². The van der Waals surface area contributed by atoms with E-state index in [0.717, 1.165) is 31.6 Å². The van der Waals surface area contributed by atoms with E-state index in [1.807, 2.05) is 85.8 Å². The molecule has 0 aliphatic carbocycles. The number of hydrogen-bond acceptors (Lipinski definition) is 8. The van der Waals surface area contributed by atoms with Gasteiger partial charge in [-0.3, -0.25) is 14.4 Å². The van der Waals surface area contributed by atoms with Gasteiger partial charge in [0, 0.05) is 33.5 Å². The summed E-state index contributed by atoms with van der Waals surface area (Å²) >= 11 is 1.56. The van der Waals surface area contributed by atoms with Gasteiger partial charge in [0.05, 0.1) is 18.9 Å². The molecule has 46 heavy (non-hydrogen) atoms. The summed E-state index contributed by atoms with van der Waals surface area (Å²) in [5, 5.41) is 20.1. The second-order valence-electron chi connectivity index (χ2n) is 11.3. The molecule has 2 N–H and O–H groups in total. The summed E-state index contributed by atoms with van der Waals surface area (Å²) in [4.78, 5) is 55.1. The molecule has 1 aliphatic heterocycles. The maximum atomic E-state index is 14.0. The number of aliphatic carboxylic acids is 2. The predicted molar refractivity (Wildman–Crippen MR) is 172 cm³/mol. The summed E-state index contributed by atoms with van der Waals surface area (Å²) in [5.74, 6) is -3.60. The van der Waals surface area contributed by atoms with E-state index in [1.54, 1.807) is 22.3 Å². The first-order valence-corrected chi connectivity index (χ1v) is 15.7. The summed E-state index contributed by atoms with van der Waals surface area (Å²) in [7, 11) is 0. The molecule has 3 unspecified atom stereocenters. The fourth-order valence-electron chi connectivity index (χ4n) is 5.79. The van der Waals surface area contributed by atoms with Crippen LogP contribution in [0.4, 0.5) is 0 Å². The minimum absolute atomic E-state index is 0.231. The van der Waals surface area contributed by atoms with E-state index in [1.165, 1.54) is 0 Å². The van der Waals surface area contributed by atoms with E-state index < -0.39 is 42.6 Å². The number of para-hydroxylation sites is 2. The fourth-order valence-corrected chi connectivity index (χ4v) is 6.85. The molecule has 10 nitrogen and oxygen atoms in total. The molecule has 6 rings (SSSR count). The highest BCUT2D eigenvalue weighted by Crippen LogP contribution is 2.36. The molecule has 2 aromatic heterocycles. The second-order valence-corrected chi connectivity index (χ2v) is 12.5. The van der Waals surface area contributed by atoms with Crippen LogP contribution in [0, 0.1) is 5.92 Å². The Balaban J connectivity index is 1.34. The highest BCUT2D eigenvalue weighted by molar-refractivity contribution is 7.19. The van der Waals surface area contributed by atoms with E-state index in [0.29, 0.717) is 30.3 Å². The fraction of sp³-hybridized carbons (Fsp3) is 0.257. The average molecular weight is 641 g/mol. The van der Waals surface area contributed by atoms with Crippen LogP contribution in [0.5, 0.6) is 5.75 Å². The van der Waals surface area contributed by atoms with Crippen molar-refractivity contribution in [2.24, 2.45) is 5.92 Å². The molecule has 11 heteroatoms. The van der Waals surface area contributed by atoms with Crippen LogP contribution in [0.3, 0.4) is 0 Å². The third-order valence-electron chi connectivity index (χ3n) is 8.23. The van der Waals surface area contributed by atoms with Crippen molar-refractivity contribution in [1.82, 2.24) is 9.88 Å². The normalized spacial score (nSPS) is 14.6. The summed E-state index contributed by atoms with van der Waals surface area (Å²) in [6.07, 6.45) is 3.14. The Hall–Kier alpha value is -5.00. The lowest BCUT2D eigenvalue weighted by Crippen LogP contribution is -2.42. The smallest absolute Gasteiger partial charge is 0.307 e. The lowest BCUT2D eigenvalue weighted by Gasteiger charge is -2.35. The van der Waals surface area contributed by atoms with Crippen molar-refractivity contribution in [2.45, 2.75) is 51.3 Å². The standard InChI is InChI=1S/C35H32N2O8S/c1-21(37(33(38)17-25(35(41)42)18-34(39)40)19-26-15-23-7-2-5-11-31(23)46-26)27(22-13-14-24-20-43-45-30(24)16-22)8-6-12-32-36-28-9-3-4-10-29(28)44-32/h2-7,9-16,21,25,27H,8,17-20H2,1H3,(H,39,40)(H,41,42)/b12-6+. The Kier molecular flexibility index (Phi) is 9.13. The third kappa shape index (κ3) is 6.95. The molecular formula is C35H32N2O8S. The highest BCUT2D eigenvalue weighted by atomic mass is 32.1. The molecule has 0 radical (unpaired) electrons. The number of thiophene rings is 1. The van der Waals surface area contributed by atoms with E-state index in [2.05, 4.69) is 4.98 Å². The van der Waals surface area contributed by atoms with Gasteiger partial charge in [0.25, 0.3) is 0 Å². The van der Waals surface area contributed by atoms with E-state index in [-0.39, 0.29) is 12.5 Å². The number of allylic oxidation sites excluding steroid dienone is 1. The van der Waals surface area contributed by atoms with Crippen molar-refractivity contribution in [2.75, 3.05) is 0 Å². The first-order valence-electron chi connectivity index (χ1n) is 14.9. The molecule has 0 saturated heterocycles. The Morgan fingerprint density at radius 2 is 1.83 bits per heavy atom. The Morgan fingerprint density at radius 1 is 1.02 bits per heavy atom. The summed E-state index contributed by atoms with van der Waals surface area (Å²) in [6.45, 7) is 2.50. The quantitative estimate of drug-likeness (QED) is 0.130. The van der Waals surface area contributed by atoms with Crippen LogP contribution in [-0.2, 0) is 32.4 Å². The number of amides is 1. The van der Waals surface area contributed by atoms with Crippen LogP contribution in [0.2, 0.25) is 0 Å². The zero-order chi connectivity index (χ0) is 32.2. The number of rotatable bonds is 13. The molecule has 3 aromatic carbocycles. The first-order chi connectivity index (χ1) is 22.2. The molecule has 5 aromatic rings. The third-order valence-corrected chi connectivity index (χ3v) is 9.33. The molecule has 3 atom stereocenters. The van der Waals surface area contributed by atoms with Crippen molar-refractivity contribution >= 4 is 56.4 Å². The molecule has 0 saturated carbocycles. The van der Waals surface area contributed by atoms with Gasteiger partial charge in [-0.2, -0.15) is 4.89 Å². The van der Waals surface area contributed by atoms with Gasteiger partial charge in [0.15, 0.2) is 11.3 Å². The molecule has 1 aliphatic rings. The number of nitrogens with zero attached hydrogens (tertiary/aromatic N) is 2. The molecule has 0 fully saturated rings. The zero-order valence-electron chi connectivity index (χ0n) is 25.0. The van der Waals surface area contributed by atoms with Crippen molar-refractivity contribution in [1.29, 1.82) is 0 Å². The largest absolute Gasteiger partial charge is 0.481 e. The van der Waals surface area contributed by atoms with Gasteiger partial charge in [-0.15, -0.1) is 11.3 Å². The lowest BCUT2D eigenvalue weighted by atomic mass is 9.87. The Bertz CT molecular complexity index is 1860. The van der Waals surface area contributed by atoms with Crippen molar-refractivity contribution < 1.29 is 38.8 Å². The van der Waals surface area contributed by atoms with Gasteiger partial charge >= 0.3 is 11.9 Å². The number of carboxylic acids is 2. The number of aromatic nitrogens is 1. The Labute approximate surface area is 268 Å². The lowest BCUT2D eigenvalue weighted by molar-refractivity contribution is -0.194. The van der Waals surface area contributed by atoms with E-state index >= 15 is 0 Å². The van der Waals surface area contributed by atoms with Crippen molar-refractivity contribution in [3.8, 4) is 5.75 Å². The van der Waals surface area contributed by atoms with E-state index in [4.69, 9.17) is 14.2 Å². The second kappa shape index (κ2) is 13.6. The molecule has 1 amide bonds. The number of carbonyl (C=O) groups excluding carboxylic acids is 1. The molecule has 0 bridgehead atoms. The minimum Gasteiger partial charge on any atom is -0.481 e. The van der Waals surface area contributed by atoms with Gasteiger partial charge in [-0.25, -0.2) is 4.98 Å². The SMILES string of the molecule is CC(C(C/C=C/c1nc2ccccc2o1)c1ccc2c(c1)OOC2)N(Cc1cc2ccccc2s1)C(=O)CC(CC(=O)O)C(=O)O. The Morgan fingerprint density at radius 3 is 2.61 bits per heavy atom. The number of carbonyl (C=O) groups is 3. The van der Waals surface area contributed by atoms with Gasteiger partial charge in [-0.1, -0.05) is 48.5 Å². The van der Waals surface area contributed by atoms with Crippen LogP contribution in [0.15, 0.2) is 83.3 Å². The first kappa shape index (κ1) is 31.0. The van der Waals surface area contributed by atoms with Crippen LogP contribution < -0.4 is 4.89 Å². The number of carboxylic acid groups (broad SMARTS) is 2. The number of fused-ring (bicyclic) bond motifs is 3. The summed E-state index contributed by atoms with van der Waals surface area (Å²) in [6, 6.07) is 22.8. The zero-order valence-corrected chi connectivity index (χ0v) is 25.8. The molecular weight excluding hydrogens is 608 g/mol. The molecule has 0 spiro atoms. The van der Waals surface area contributed by atoms with Crippen molar-refractivity contribution in [3.05, 3.63) is 101 Å². The maximum Gasteiger partial charge on any atom is 0.307 e. The van der Waals surface area contributed by atoms with Crippen molar-refractivity contribution in [3.63, 3.8) is 0 Å². The molecule has 236 valence electrons. The van der Waals surface area contributed by atoms with Crippen LogP contribution in [0.1, 0.15) is 54.0 Å². The average Bonchev–Trinajstić information content (AvgIpc) is 3.78.